The fourth-order valence-corrected chi connectivity index (χ4v) is 2.38. The van der Waals surface area contributed by atoms with Gasteiger partial charge in [-0.15, -0.1) is 0 Å². The second kappa shape index (κ2) is 4.78. The van der Waals surface area contributed by atoms with Crippen molar-refractivity contribution in [3.05, 3.63) is 66.0 Å². The van der Waals surface area contributed by atoms with Crippen LogP contribution in [0.4, 0.5) is 4.39 Å². The van der Waals surface area contributed by atoms with E-state index in [1.54, 1.807) is 42.5 Å². The summed E-state index contributed by atoms with van der Waals surface area (Å²) in [5, 5.41) is 10.9. The summed E-state index contributed by atoms with van der Waals surface area (Å²) in [6, 6.07) is 14.6. The molecular formula is C17H11FO2. The second-order valence-electron chi connectivity index (χ2n) is 4.53. The number of hydrogen-bond donors (Lipinski definition) is 1. The first kappa shape index (κ1) is 12.4. The van der Waals surface area contributed by atoms with Gasteiger partial charge in [-0.25, -0.2) is 4.39 Å². The molecule has 0 heterocycles. The summed E-state index contributed by atoms with van der Waals surface area (Å²) >= 11 is 0. The van der Waals surface area contributed by atoms with Gasteiger partial charge in [-0.2, -0.15) is 0 Å². The minimum absolute atomic E-state index is 0.132. The summed E-state index contributed by atoms with van der Waals surface area (Å²) in [6.45, 7) is 0. The van der Waals surface area contributed by atoms with E-state index in [-0.39, 0.29) is 11.6 Å². The number of rotatable bonds is 2. The average molecular weight is 266 g/mol. The third-order valence-electron chi connectivity index (χ3n) is 3.33. The first-order valence-electron chi connectivity index (χ1n) is 6.16. The predicted octanol–water partition coefficient (Wildman–Crippen LogP) is 4.16. The molecule has 3 heteroatoms. The molecule has 0 aliphatic carbocycles. The molecule has 0 aliphatic heterocycles. The van der Waals surface area contributed by atoms with Gasteiger partial charge in [0.05, 0.1) is 0 Å². The third-order valence-corrected chi connectivity index (χ3v) is 3.33. The van der Waals surface area contributed by atoms with Gasteiger partial charge in [0.1, 0.15) is 11.6 Å². The van der Waals surface area contributed by atoms with Crippen LogP contribution < -0.4 is 0 Å². The topological polar surface area (TPSA) is 37.3 Å². The molecule has 2 nitrogen and oxygen atoms in total. The Bertz CT molecular complexity index is 809. The zero-order valence-corrected chi connectivity index (χ0v) is 10.5. The molecule has 20 heavy (non-hydrogen) atoms. The van der Waals surface area contributed by atoms with Crippen LogP contribution in [-0.2, 0) is 0 Å². The van der Waals surface area contributed by atoms with Crippen molar-refractivity contribution in [1.29, 1.82) is 0 Å². The zero-order chi connectivity index (χ0) is 14.1. The molecule has 0 saturated heterocycles. The van der Waals surface area contributed by atoms with Crippen molar-refractivity contribution in [2.75, 3.05) is 0 Å². The van der Waals surface area contributed by atoms with E-state index in [2.05, 4.69) is 0 Å². The minimum atomic E-state index is -0.367. The van der Waals surface area contributed by atoms with Gasteiger partial charge < -0.3 is 5.11 Å². The highest BCUT2D eigenvalue weighted by molar-refractivity contribution is 6.05. The molecule has 3 aromatic carbocycles. The minimum Gasteiger partial charge on any atom is -0.508 e. The molecule has 0 unspecified atom stereocenters. The Morgan fingerprint density at radius 3 is 2.50 bits per heavy atom. The molecule has 0 bridgehead atoms. The number of carbonyl (C=O) groups excluding carboxylic acids is 1. The zero-order valence-electron chi connectivity index (χ0n) is 10.5. The Labute approximate surface area is 115 Å². The van der Waals surface area contributed by atoms with Gasteiger partial charge in [0, 0.05) is 11.1 Å². The lowest BCUT2D eigenvalue weighted by Gasteiger charge is -2.10. The maximum absolute atomic E-state index is 13.9. The number of halogens is 1. The van der Waals surface area contributed by atoms with Crippen molar-refractivity contribution < 1.29 is 14.3 Å². The van der Waals surface area contributed by atoms with E-state index in [1.807, 2.05) is 0 Å². The number of hydrogen-bond acceptors (Lipinski definition) is 2. The Hall–Kier alpha value is -2.68. The van der Waals surface area contributed by atoms with Crippen LogP contribution in [0.15, 0.2) is 54.6 Å². The molecule has 0 radical (unpaired) electrons. The number of aromatic hydroxyl groups is 1. The lowest BCUT2D eigenvalue weighted by Crippen LogP contribution is -1.92. The molecule has 1 N–H and O–H groups in total. The first-order chi connectivity index (χ1) is 9.70. The lowest BCUT2D eigenvalue weighted by molar-refractivity contribution is 0.112. The summed E-state index contributed by atoms with van der Waals surface area (Å²) < 4.78 is 13.9. The second-order valence-corrected chi connectivity index (χ2v) is 4.53. The van der Waals surface area contributed by atoms with Crippen molar-refractivity contribution in [3.8, 4) is 16.9 Å². The van der Waals surface area contributed by atoms with E-state index >= 15 is 0 Å². The smallest absolute Gasteiger partial charge is 0.151 e. The van der Waals surface area contributed by atoms with Crippen molar-refractivity contribution in [3.63, 3.8) is 0 Å². The highest BCUT2D eigenvalue weighted by Crippen LogP contribution is 2.32. The van der Waals surface area contributed by atoms with Gasteiger partial charge in [0.15, 0.2) is 6.29 Å². The van der Waals surface area contributed by atoms with Gasteiger partial charge in [0.25, 0.3) is 0 Å². The molecule has 98 valence electrons. The molecule has 0 spiro atoms. The van der Waals surface area contributed by atoms with Crippen LogP contribution in [0.3, 0.4) is 0 Å². The van der Waals surface area contributed by atoms with Crippen molar-refractivity contribution in [1.82, 2.24) is 0 Å². The van der Waals surface area contributed by atoms with E-state index < -0.39 is 0 Å². The van der Waals surface area contributed by atoms with Gasteiger partial charge in [-0.3, -0.25) is 4.79 Å². The molecule has 0 fully saturated rings. The largest absolute Gasteiger partial charge is 0.508 e. The summed E-state index contributed by atoms with van der Waals surface area (Å²) in [5.41, 5.74) is 1.37. The Morgan fingerprint density at radius 2 is 1.75 bits per heavy atom. The molecule has 0 saturated carbocycles. The fraction of sp³-hybridized carbons (Fsp3) is 0. The van der Waals surface area contributed by atoms with E-state index in [0.29, 0.717) is 22.1 Å². The standard InChI is InChI=1S/C17H11FO2/c18-17-4-2-1-3-15(17)14-7-5-11-9-12(20)6-8-13(11)16(14)10-19/h1-10,20H. The normalized spacial score (nSPS) is 10.7. The van der Waals surface area contributed by atoms with Crippen LogP contribution in [0.2, 0.25) is 0 Å². The van der Waals surface area contributed by atoms with E-state index in [9.17, 15) is 14.3 Å². The monoisotopic (exact) mass is 266 g/mol. The quantitative estimate of drug-likeness (QED) is 0.707. The highest BCUT2D eigenvalue weighted by atomic mass is 19.1. The van der Waals surface area contributed by atoms with Crippen LogP contribution in [0.1, 0.15) is 10.4 Å². The number of benzene rings is 3. The molecule has 0 amide bonds. The predicted molar refractivity (Wildman–Crippen MR) is 76.4 cm³/mol. The first-order valence-corrected chi connectivity index (χ1v) is 6.16. The van der Waals surface area contributed by atoms with Crippen LogP contribution in [0.25, 0.3) is 21.9 Å². The molecule has 3 rings (SSSR count). The number of phenolic OH excluding ortho intramolecular Hbond substituents is 1. The molecule has 0 aliphatic rings. The summed E-state index contributed by atoms with van der Waals surface area (Å²) in [6.07, 6.45) is 0.723. The summed E-state index contributed by atoms with van der Waals surface area (Å²) in [7, 11) is 0. The van der Waals surface area contributed by atoms with Crippen LogP contribution in [0.5, 0.6) is 5.75 Å². The van der Waals surface area contributed by atoms with Crippen LogP contribution in [0, 0.1) is 5.82 Å². The van der Waals surface area contributed by atoms with E-state index in [0.717, 1.165) is 11.7 Å². The Balaban J connectivity index is 2.35. The van der Waals surface area contributed by atoms with Crippen molar-refractivity contribution >= 4 is 17.1 Å². The van der Waals surface area contributed by atoms with Gasteiger partial charge in [-0.1, -0.05) is 30.3 Å². The van der Waals surface area contributed by atoms with Crippen molar-refractivity contribution in [2.45, 2.75) is 0 Å². The summed E-state index contributed by atoms with van der Waals surface area (Å²) in [4.78, 5) is 11.4. The average Bonchev–Trinajstić information content (AvgIpc) is 2.46. The number of fused-ring (bicyclic) bond motifs is 1. The lowest BCUT2D eigenvalue weighted by atomic mass is 9.94. The maximum Gasteiger partial charge on any atom is 0.151 e. The Morgan fingerprint density at radius 1 is 0.950 bits per heavy atom. The molecule has 3 aromatic rings. The number of phenols is 1. The number of aldehydes is 1. The third kappa shape index (κ3) is 1.93. The number of carbonyl (C=O) groups is 1. The summed E-state index contributed by atoms with van der Waals surface area (Å²) in [5.74, 6) is -0.235. The van der Waals surface area contributed by atoms with Gasteiger partial charge in [-0.05, 0) is 40.6 Å². The van der Waals surface area contributed by atoms with Gasteiger partial charge in [0.2, 0.25) is 0 Å². The Kier molecular flexibility index (Phi) is 2.95. The maximum atomic E-state index is 13.9. The fourth-order valence-electron chi connectivity index (χ4n) is 2.38. The van der Waals surface area contributed by atoms with Crippen LogP contribution in [-0.4, -0.2) is 11.4 Å². The molecule has 0 aromatic heterocycles. The van der Waals surface area contributed by atoms with Gasteiger partial charge >= 0.3 is 0 Å². The molecular weight excluding hydrogens is 255 g/mol. The molecule has 0 atom stereocenters. The van der Waals surface area contributed by atoms with Crippen molar-refractivity contribution in [2.24, 2.45) is 0 Å². The highest BCUT2D eigenvalue weighted by Gasteiger charge is 2.12. The van der Waals surface area contributed by atoms with E-state index in [1.165, 1.54) is 12.1 Å². The van der Waals surface area contributed by atoms with E-state index in [4.69, 9.17) is 0 Å². The van der Waals surface area contributed by atoms with Crippen LogP contribution >= 0.6 is 0 Å². The SMILES string of the molecule is O=Cc1c(-c2ccccc2F)ccc2cc(O)ccc12.